The van der Waals surface area contributed by atoms with Crippen molar-refractivity contribution in [2.24, 2.45) is 0 Å². The molecule has 0 aliphatic heterocycles. The fourth-order valence-electron chi connectivity index (χ4n) is 1.45. The first-order valence-electron chi connectivity index (χ1n) is 4.31. The Balaban J connectivity index is 2.94. The molecule has 2 aromatic rings. The topological polar surface area (TPSA) is 12.9 Å². The lowest BCUT2D eigenvalue weighted by molar-refractivity contribution is 1.31. The summed E-state index contributed by atoms with van der Waals surface area (Å²) >= 11 is 12.0. The van der Waals surface area contributed by atoms with Crippen LogP contribution in [0.4, 0.5) is 0 Å². The van der Waals surface area contributed by atoms with Crippen molar-refractivity contribution in [3.05, 3.63) is 39.5 Å². The predicted octanol–water partition coefficient (Wildman–Crippen LogP) is 4.16. The molecule has 0 spiro atoms. The van der Waals surface area contributed by atoms with Gasteiger partial charge in [-0.1, -0.05) is 35.3 Å². The van der Waals surface area contributed by atoms with Crippen LogP contribution in [-0.4, -0.2) is 4.98 Å². The van der Waals surface area contributed by atoms with Crippen LogP contribution in [0.15, 0.2) is 18.3 Å². The second kappa shape index (κ2) is 3.41. The number of hydrogen-bond acceptors (Lipinski definition) is 1. The third-order valence-corrected chi connectivity index (χ3v) is 3.25. The van der Waals surface area contributed by atoms with E-state index in [1.165, 1.54) is 5.56 Å². The SMILES string of the molecule is Cc1ccc2c(Cl)c(Cl)cnc2c1C. The molecule has 0 bridgehead atoms. The van der Waals surface area contributed by atoms with Gasteiger partial charge in [-0.05, 0) is 25.0 Å². The van der Waals surface area contributed by atoms with Crippen LogP contribution in [0.2, 0.25) is 10.0 Å². The second-order valence-corrected chi connectivity index (χ2v) is 4.11. The molecular weight excluding hydrogens is 217 g/mol. The van der Waals surface area contributed by atoms with Gasteiger partial charge in [0.15, 0.2) is 0 Å². The molecule has 72 valence electrons. The van der Waals surface area contributed by atoms with Crippen LogP contribution >= 0.6 is 23.2 Å². The van der Waals surface area contributed by atoms with Crippen LogP contribution in [0.3, 0.4) is 0 Å². The van der Waals surface area contributed by atoms with Crippen molar-refractivity contribution in [3.63, 3.8) is 0 Å². The highest BCUT2D eigenvalue weighted by atomic mass is 35.5. The molecule has 1 heterocycles. The molecule has 1 aromatic carbocycles. The lowest BCUT2D eigenvalue weighted by Crippen LogP contribution is -1.88. The Morgan fingerprint density at radius 3 is 2.57 bits per heavy atom. The summed E-state index contributed by atoms with van der Waals surface area (Å²) in [5.74, 6) is 0. The van der Waals surface area contributed by atoms with Gasteiger partial charge in [-0.3, -0.25) is 4.98 Å². The number of rotatable bonds is 0. The predicted molar refractivity (Wildman–Crippen MR) is 61.2 cm³/mol. The average molecular weight is 226 g/mol. The Kier molecular flexibility index (Phi) is 2.38. The quantitative estimate of drug-likeness (QED) is 0.657. The lowest BCUT2D eigenvalue weighted by atomic mass is 10.1. The number of pyridine rings is 1. The number of fused-ring (bicyclic) bond motifs is 1. The molecule has 0 saturated carbocycles. The van der Waals surface area contributed by atoms with Crippen LogP contribution in [-0.2, 0) is 0 Å². The summed E-state index contributed by atoms with van der Waals surface area (Å²) in [5.41, 5.74) is 3.30. The highest BCUT2D eigenvalue weighted by Gasteiger charge is 2.07. The zero-order valence-electron chi connectivity index (χ0n) is 7.94. The summed E-state index contributed by atoms with van der Waals surface area (Å²) in [7, 11) is 0. The van der Waals surface area contributed by atoms with Gasteiger partial charge in [0.2, 0.25) is 0 Å². The van der Waals surface area contributed by atoms with Gasteiger partial charge in [0.1, 0.15) is 0 Å². The number of aryl methyl sites for hydroxylation is 2. The van der Waals surface area contributed by atoms with Gasteiger partial charge in [0.25, 0.3) is 0 Å². The number of halogens is 2. The standard InChI is InChI=1S/C11H9Cl2N/c1-6-3-4-8-10(13)9(12)5-14-11(8)7(6)2/h3-5H,1-2H3. The maximum atomic E-state index is 6.08. The normalized spacial score (nSPS) is 10.9. The van der Waals surface area contributed by atoms with Crippen LogP contribution in [0.1, 0.15) is 11.1 Å². The Labute approximate surface area is 92.7 Å². The fraction of sp³-hybridized carbons (Fsp3) is 0.182. The van der Waals surface area contributed by atoms with Gasteiger partial charge >= 0.3 is 0 Å². The minimum atomic E-state index is 0.502. The zero-order chi connectivity index (χ0) is 10.3. The average Bonchev–Trinajstić information content (AvgIpc) is 2.17. The largest absolute Gasteiger partial charge is 0.254 e. The van der Waals surface area contributed by atoms with E-state index < -0.39 is 0 Å². The van der Waals surface area contributed by atoms with Gasteiger partial charge in [-0.25, -0.2) is 0 Å². The Morgan fingerprint density at radius 1 is 1.14 bits per heavy atom. The Morgan fingerprint density at radius 2 is 1.86 bits per heavy atom. The van der Waals surface area contributed by atoms with Crippen molar-refractivity contribution in [2.45, 2.75) is 13.8 Å². The summed E-state index contributed by atoms with van der Waals surface area (Å²) < 4.78 is 0. The number of nitrogens with zero attached hydrogens (tertiary/aromatic N) is 1. The van der Waals surface area contributed by atoms with Crippen molar-refractivity contribution < 1.29 is 0 Å². The van der Waals surface area contributed by atoms with Crippen LogP contribution in [0.25, 0.3) is 10.9 Å². The van der Waals surface area contributed by atoms with Crippen LogP contribution in [0.5, 0.6) is 0 Å². The van der Waals surface area contributed by atoms with E-state index in [1.54, 1.807) is 6.20 Å². The highest BCUT2D eigenvalue weighted by Crippen LogP contribution is 2.31. The van der Waals surface area contributed by atoms with Gasteiger partial charge in [0, 0.05) is 11.6 Å². The molecule has 14 heavy (non-hydrogen) atoms. The zero-order valence-corrected chi connectivity index (χ0v) is 9.45. The van der Waals surface area contributed by atoms with Crippen molar-refractivity contribution in [1.82, 2.24) is 4.98 Å². The second-order valence-electron chi connectivity index (χ2n) is 3.32. The van der Waals surface area contributed by atoms with Crippen molar-refractivity contribution in [2.75, 3.05) is 0 Å². The third kappa shape index (κ3) is 1.37. The molecule has 0 atom stereocenters. The van der Waals surface area contributed by atoms with E-state index >= 15 is 0 Å². The van der Waals surface area contributed by atoms with E-state index in [-0.39, 0.29) is 0 Å². The van der Waals surface area contributed by atoms with Crippen LogP contribution in [0, 0.1) is 13.8 Å². The molecule has 0 unspecified atom stereocenters. The number of hydrogen-bond donors (Lipinski definition) is 0. The summed E-state index contributed by atoms with van der Waals surface area (Å²) in [5, 5.41) is 2.00. The van der Waals surface area contributed by atoms with E-state index in [9.17, 15) is 0 Å². The molecule has 3 heteroatoms. The molecule has 0 aliphatic carbocycles. The van der Waals surface area contributed by atoms with E-state index in [0.29, 0.717) is 10.0 Å². The summed E-state index contributed by atoms with van der Waals surface area (Å²) in [6, 6.07) is 3.99. The van der Waals surface area contributed by atoms with Gasteiger partial charge in [-0.2, -0.15) is 0 Å². The molecule has 0 radical (unpaired) electrons. The Hall–Kier alpha value is -0.790. The van der Waals surface area contributed by atoms with Gasteiger partial charge in [0.05, 0.1) is 15.6 Å². The molecule has 2 rings (SSSR count). The minimum Gasteiger partial charge on any atom is -0.254 e. The molecule has 1 nitrogen and oxygen atoms in total. The fourth-order valence-corrected chi connectivity index (χ4v) is 1.80. The summed E-state index contributed by atoms with van der Waals surface area (Å²) in [6.07, 6.45) is 1.60. The minimum absolute atomic E-state index is 0.502. The smallest absolute Gasteiger partial charge is 0.0782 e. The first kappa shape index (κ1) is 9.75. The summed E-state index contributed by atoms with van der Waals surface area (Å²) in [6.45, 7) is 4.09. The van der Waals surface area contributed by atoms with E-state index in [4.69, 9.17) is 23.2 Å². The molecule has 0 aliphatic rings. The van der Waals surface area contributed by atoms with Gasteiger partial charge < -0.3 is 0 Å². The maximum absolute atomic E-state index is 6.08. The highest BCUT2D eigenvalue weighted by molar-refractivity contribution is 6.45. The lowest BCUT2D eigenvalue weighted by Gasteiger charge is -2.06. The molecule has 0 amide bonds. The molecule has 1 aromatic heterocycles. The van der Waals surface area contributed by atoms with E-state index in [2.05, 4.69) is 11.9 Å². The maximum Gasteiger partial charge on any atom is 0.0782 e. The summed E-state index contributed by atoms with van der Waals surface area (Å²) in [4.78, 5) is 4.29. The monoisotopic (exact) mass is 225 g/mol. The molecule has 0 saturated heterocycles. The Bertz CT molecular complexity index is 459. The van der Waals surface area contributed by atoms with Crippen molar-refractivity contribution in [1.29, 1.82) is 0 Å². The van der Waals surface area contributed by atoms with E-state index in [1.807, 2.05) is 19.1 Å². The molecule has 0 fully saturated rings. The first-order valence-corrected chi connectivity index (χ1v) is 5.07. The number of benzene rings is 1. The first-order chi connectivity index (χ1) is 6.61. The number of aromatic nitrogens is 1. The third-order valence-electron chi connectivity index (χ3n) is 2.45. The van der Waals surface area contributed by atoms with Crippen molar-refractivity contribution in [3.8, 4) is 0 Å². The van der Waals surface area contributed by atoms with Gasteiger partial charge in [-0.15, -0.1) is 0 Å². The van der Waals surface area contributed by atoms with Crippen LogP contribution < -0.4 is 0 Å². The molecular formula is C11H9Cl2N. The van der Waals surface area contributed by atoms with Crippen molar-refractivity contribution >= 4 is 34.1 Å². The van der Waals surface area contributed by atoms with E-state index in [0.717, 1.165) is 16.5 Å². The molecule has 0 N–H and O–H groups in total.